The van der Waals surface area contributed by atoms with Gasteiger partial charge in [-0.3, -0.25) is 95.9 Å². The molecule has 0 aliphatic carbocycles. The molecular formula is C63H109N21O21. The summed E-state index contributed by atoms with van der Waals surface area (Å²) in [6.45, 7) is -8.40. The number of amides is 20. The number of ether oxygens (including phenoxy) is 1. The molecule has 0 heterocycles. The fourth-order valence-corrected chi connectivity index (χ4v) is 8.35. The second kappa shape index (κ2) is 46.1. The summed E-state index contributed by atoms with van der Waals surface area (Å²) >= 11 is 0. The molecule has 105 heavy (non-hydrogen) atoms. The largest absolute Gasteiger partial charge is 0.383 e. The van der Waals surface area contributed by atoms with Gasteiger partial charge in [0.2, 0.25) is 118 Å². The monoisotopic (exact) mass is 1500 g/mol. The molecule has 0 rings (SSSR count). The van der Waals surface area contributed by atoms with Crippen molar-refractivity contribution in [3.8, 4) is 0 Å². The van der Waals surface area contributed by atoms with Crippen molar-refractivity contribution in [1.82, 2.24) is 104 Å². The molecule has 0 atom stereocenters. The fraction of sp³-hybridized carbons (Fsp3) is 0.683. The zero-order valence-corrected chi connectivity index (χ0v) is 64.6. The lowest BCUT2D eigenvalue weighted by atomic mass is 10.3. The number of hydrogen-bond acceptors (Lipinski definition) is 22. The summed E-state index contributed by atoms with van der Waals surface area (Å²) in [7, 11) is 28.0. The number of carbonyl (C=O) groups is 20. The number of likely N-dealkylation sites (N-methyl/N-ethyl adjacent to an activating group) is 20. The Morgan fingerprint density at radius 3 is 0.429 bits per heavy atom. The van der Waals surface area contributed by atoms with Gasteiger partial charge in [0.25, 0.3) is 0 Å². The van der Waals surface area contributed by atoms with Crippen molar-refractivity contribution in [1.29, 1.82) is 0 Å². The quantitative estimate of drug-likeness (QED) is 0.0535. The Morgan fingerprint density at radius 1 is 0.200 bits per heavy atom. The van der Waals surface area contributed by atoms with E-state index >= 15 is 0 Å². The van der Waals surface area contributed by atoms with Crippen LogP contribution in [-0.4, -0.2) is 503 Å². The highest BCUT2D eigenvalue weighted by atomic mass is 16.5. The van der Waals surface area contributed by atoms with Crippen molar-refractivity contribution in [2.24, 2.45) is 0 Å². The fourth-order valence-electron chi connectivity index (χ4n) is 8.35. The summed E-state index contributed by atoms with van der Waals surface area (Å²) in [6.07, 6.45) is 0. The number of hydrogen-bond donors (Lipinski definition) is 2. The minimum atomic E-state index is -0.701. The third kappa shape index (κ3) is 34.9. The van der Waals surface area contributed by atoms with Crippen molar-refractivity contribution < 1.29 is 101 Å². The van der Waals surface area contributed by atoms with Crippen LogP contribution in [0, 0.1) is 0 Å². The van der Waals surface area contributed by atoms with Gasteiger partial charge in [-0.05, 0) is 7.05 Å². The van der Waals surface area contributed by atoms with E-state index < -0.39 is 217 Å². The zero-order valence-electron chi connectivity index (χ0n) is 64.6. The van der Waals surface area contributed by atoms with Gasteiger partial charge in [-0.1, -0.05) is 0 Å². The van der Waals surface area contributed by atoms with Gasteiger partial charge in [-0.25, -0.2) is 0 Å². The first kappa shape index (κ1) is 94.3. The number of rotatable bonds is 43. The van der Waals surface area contributed by atoms with E-state index in [1.807, 2.05) is 0 Å². The van der Waals surface area contributed by atoms with Crippen molar-refractivity contribution >= 4 is 118 Å². The van der Waals surface area contributed by atoms with E-state index in [2.05, 4.69) is 10.6 Å². The lowest BCUT2D eigenvalue weighted by Gasteiger charge is -2.28. The highest BCUT2D eigenvalue weighted by molar-refractivity contribution is 5.97. The average molecular weight is 1500 g/mol. The summed E-state index contributed by atoms with van der Waals surface area (Å²) in [6, 6.07) is 0. The molecule has 0 saturated heterocycles. The zero-order chi connectivity index (χ0) is 81.2. The van der Waals surface area contributed by atoms with Crippen LogP contribution >= 0.6 is 0 Å². The summed E-state index contributed by atoms with van der Waals surface area (Å²) in [5, 5.41) is 5.26. The Morgan fingerprint density at radius 2 is 0.314 bits per heavy atom. The highest BCUT2D eigenvalue weighted by Gasteiger charge is 2.30. The third-order valence-electron chi connectivity index (χ3n) is 16.1. The molecule has 0 saturated carbocycles. The number of methoxy groups -OCH3 is 1. The maximum atomic E-state index is 13.1. The van der Waals surface area contributed by atoms with Crippen LogP contribution < -0.4 is 10.6 Å². The van der Waals surface area contributed by atoms with Crippen LogP contribution in [0.3, 0.4) is 0 Å². The first-order chi connectivity index (χ1) is 48.6. The van der Waals surface area contributed by atoms with Crippen LogP contribution in [0.5, 0.6) is 0 Å². The minimum absolute atomic E-state index is 0.0157. The first-order valence-electron chi connectivity index (χ1n) is 32.6. The second-order valence-corrected chi connectivity index (χ2v) is 25.6. The minimum Gasteiger partial charge on any atom is -0.383 e. The lowest BCUT2D eigenvalue weighted by Crippen LogP contribution is -2.50. The van der Waals surface area contributed by atoms with Crippen LogP contribution in [-0.2, 0) is 101 Å². The number of nitrogens with one attached hydrogen (secondary N) is 2. The van der Waals surface area contributed by atoms with Gasteiger partial charge in [-0.15, -0.1) is 0 Å². The summed E-state index contributed by atoms with van der Waals surface area (Å²) < 4.78 is 4.87. The molecule has 0 aromatic heterocycles. The summed E-state index contributed by atoms with van der Waals surface area (Å²) in [5.74, 6) is -12.5. The molecule has 42 nitrogen and oxygen atoms in total. The van der Waals surface area contributed by atoms with Gasteiger partial charge in [0.05, 0.1) is 138 Å². The molecule has 0 aliphatic heterocycles. The standard InChI is InChI=1S/C63H109N21O21/c1-64-24-45(86)67(3)26-47(88)69(5)28-49(90)71(7)30-51(92)73(9)32-53(94)75(11)34-55(96)77(13)36-57(98)79(15)38-59(100)81(17)40-61(102)83(19)42-63(104)84(20)43-62(103)82(18)41-60(101)80(16)39-58(99)78(14)37-56(97)76(12)35-54(95)74(10)33-52(93)72(8)31-50(91)70(6)29-48(89)68(4)27-46(87)66(2)25-44(85)65-22-23-105-21/h64H,22-43H2,1-21H3,(H,65,85). The normalized spacial score (nSPS) is 10.5. The van der Waals surface area contributed by atoms with Crippen molar-refractivity contribution in [2.45, 2.75) is 0 Å². The van der Waals surface area contributed by atoms with Crippen LogP contribution in [0.4, 0.5) is 0 Å². The average Bonchev–Trinajstić information content (AvgIpc) is 0.890. The molecule has 2 N–H and O–H groups in total. The van der Waals surface area contributed by atoms with Crippen LogP contribution in [0.1, 0.15) is 0 Å². The number of carbonyl (C=O) groups excluding carboxylic acids is 20. The van der Waals surface area contributed by atoms with Gasteiger partial charge in [-0.2, -0.15) is 0 Å². The molecule has 0 aromatic carbocycles. The summed E-state index contributed by atoms with van der Waals surface area (Å²) in [5.41, 5.74) is 0. The van der Waals surface area contributed by atoms with Crippen molar-refractivity contribution in [3.05, 3.63) is 0 Å². The Kier molecular flexibility index (Phi) is 41.4. The molecule has 592 valence electrons. The number of nitrogens with zero attached hydrogens (tertiary/aromatic N) is 19. The van der Waals surface area contributed by atoms with Crippen molar-refractivity contribution in [3.63, 3.8) is 0 Å². The van der Waals surface area contributed by atoms with E-state index in [9.17, 15) is 95.9 Å². The highest BCUT2D eigenvalue weighted by Crippen LogP contribution is 2.05. The Balaban J connectivity index is 5.03. The molecule has 0 bridgehead atoms. The smallest absolute Gasteiger partial charge is 0.242 e. The van der Waals surface area contributed by atoms with E-state index in [0.717, 1.165) is 88.2 Å². The maximum absolute atomic E-state index is 13.1. The Bertz CT molecular complexity index is 3160. The summed E-state index contributed by atoms with van der Waals surface area (Å²) in [4.78, 5) is 278. The van der Waals surface area contributed by atoms with Crippen LogP contribution in [0.25, 0.3) is 0 Å². The van der Waals surface area contributed by atoms with E-state index in [1.165, 1.54) is 146 Å². The van der Waals surface area contributed by atoms with E-state index in [0.29, 0.717) is 0 Å². The molecular weight excluding hydrogens is 1390 g/mol. The van der Waals surface area contributed by atoms with Gasteiger partial charge < -0.3 is 108 Å². The predicted octanol–water partition coefficient (Wildman–Crippen LogP) is -11.3. The molecule has 0 aliphatic rings. The van der Waals surface area contributed by atoms with Gasteiger partial charge >= 0.3 is 0 Å². The first-order valence-corrected chi connectivity index (χ1v) is 32.6. The second-order valence-electron chi connectivity index (χ2n) is 25.6. The van der Waals surface area contributed by atoms with E-state index in [4.69, 9.17) is 4.74 Å². The molecule has 42 heteroatoms. The van der Waals surface area contributed by atoms with E-state index in [1.54, 1.807) is 7.05 Å². The van der Waals surface area contributed by atoms with Crippen LogP contribution in [0.15, 0.2) is 0 Å². The SMILES string of the molecule is CNCC(=O)N(C)CC(=O)N(C)CC(=O)N(C)CC(=O)N(C)CC(=O)N(C)CC(=O)N(C)CC(=O)N(C)CC(=O)N(C)CC(=O)N(C)CC(=O)N(C)CC(=O)N(C)CC(=O)N(C)CC(=O)N(C)CC(=O)N(C)CC(=O)N(C)CC(=O)N(C)CC(=O)N(C)CC(=O)N(C)CC(=O)N(C)CC(=O)NCCOC. The topological polar surface area (TPSA) is 436 Å². The molecule has 20 amide bonds. The maximum Gasteiger partial charge on any atom is 0.242 e. The predicted molar refractivity (Wildman–Crippen MR) is 374 cm³/mol. The van der Waals surface area contributed by atoms with Gasteiger partial charge in [0, 0.05) is 148 Å². The molecule has 0 fully saturated rings. The lowest BCUT2D eigenvalue weighted by molar-refractivity contribution is -0.147. The molecule has 0 aromatic rings. The van der Waals surface area contributed by atoms with Crippen LogP contribution in [0.2, 0.25) is 0 Å². The molecule has 0 radical (unpaired) electrons. The Hall–Kier alpha value is -10.7. The van der Waals surface area contributed by atoms with Crippen molar-refractivity contribution in [2.75, 3.05) is 292 Å². The third-order valence-corrected chi connectivity index (χ3v) is 16.1. The molecule has 0 spiro atoms. The van der Waals surface area contributed by atoms with E-state index in [-0.39, 0.29) is 45.2 Å². The molecule has 0 unspecified atom stereocenters. The Labute approximate surface area is 612 Å². The van der Waals surface area contributed by atoms with Gasteiger partial charge in [0.15, 0.2) is 0 Å². The van der Waals surface area contributed by atoms with Gasteiger partial charge in [0.1, 0.15) is 0 Å².